The number of hydrogen-bond acceptors (Lipinski definition) is 3. The second-order valence-corrected chi connectivity index (χ2v) is 6.24. The summed E-state index contributed by atoms with van der Waals surface area (Å²) in [4.78, 5) is 14.6. The molecule has 0 atom stereocenters. The number of carbonyl (C=O) groups excluding carboxylic acids is 1. The van der Waals surface area contributed by atoms with E-state index in [0.717, 1.165) is 44.6 Å². The number of ether oxygens (including phenoxy) is 1. The van der Waals surface area contributed by atoms with Crippen molar-refractivity contribution in [3.05, 3.63) is 29.8 Å². The molecule has 0 radical (unpaired) electrons. The fourth-order valence-electron chi connectivity index (χ4n) is 2.81. The zero-order valence-electron chi connectivity index (χ0n) is 14.4. The van der Waals surface area contributed by atoms with Gasteiger partial charge in [-0.05, 0) is 76.0 Å². The van der Waals surface area contributed by atoms with Gasteiger partial charge in [-0.2, -0.15) is 0 Å². The van der Waals surface area contributed by atoms with Crippen LogP contribution >= 0.6 is 0 Å². The standard InChI is InChI=1S/C19H30N2O2/c1-2-3-16-23-18-10-8-17(9-11-18)19(22)20-12-4-5-13-21-14-6-7-15-21/h8-11H,2-7,12-16H2,1H3,(H,20,22). The van der Waals surface area contributed by atoms with Crippen molar-refractivity contribution < 1.29 is 9.53 Å². The number of likely N-dealkylation sites (tertiary alicyclic amines) is 1. The Morgan fingerprint density at radius 2 is 1.87 bits per heavy atom. The molecule has 1 amide bonds. The van der Waals surface area contributed by atoms with Gasteiger partial charge in [0.1, 0.15) is 5.75 Å². The van der Waals surface area contributed by atoms with Crippen LogP contribution in [0.25, 0.3) is 0 Å². The molecule has 1 saturated heterocycles. The lowest BCUT2D eigenvalue weighted by Gasteiger charge is -2.14. The van der Waals surface area contributed by atoms with Crippen molar-refractivity contribution in [3.63, 3.8) is 0 Å². The van der Waals surface area contributed by atoms with Crippen LogP contribution in [0.15, 0.2) is 24.3 Å². The first kappa shape index (κ1) is 17.8. The van der Waals surface area contributed by atoms with Gasteiger partial charge in [-0.3, -0.25) is 4.79 Å². The summed E-state index contributed by atoms with van der Waals surface area (Å²) >= 11 is 0. The van der Waals surface area contributed by atoms with E-state index in [0.29, 0.717) is 5.56 Å². The molecule has 0 bridgehead atoms. The molecule has 0 spiro atoms. The molecule has 2 rings (SSSR count). The maximum atomic E-state index is 12.1. The number of nitrogens with zero attached hydrogens (tertiary/aromatic N) is 1. The summed E-state index contributed by atoms with van der Waals surface area (Å²) in [6, 6.07) is 7.41. The third-order valence-electron chi connectivity index (χ3n) is 4.27. The molecule has 4 heteroatoms. The normalized spacial score (nSPS) is 14.8. The Bertz CT molecular complexity index is 453. The lowest BCUT2D eigenvalue weighted by atomic mass is 10.2. The number of nitrogens with one attached hydrogen (secondary N) is 1. The molecule has 0 aromatic heterocycles. The smallest absolute Gasteiger partial charge is 0.251 e. The van der Waals surface area contributed by atoms with E-state index in [1.165, 1.54) is 32.5 Å². The van der Waals surface area contributed by atoms with E-state index < -0.39 is 0 Å². The highest BCUT2D eigenvalue weighted by Crippen LogP contribution is 2.13. The third kappa shape index (κ3) is 6.61. The number of rotatable bonds is 10. The topological polar surface area (TPSA) is 41.6 Å². The van der Waals surface area contributed by atoms with Crippen LogP contribution < -0.4 is 10.1 Å². The van der Waals surface area contributed by atoms with Crippen molar-refractivity contribution in [1.29, 1.82) is 0 Å². The summed E-state index contributed by atoms with van der Waals surface area (Å²) in [5.41, 5.74) is 0.701. The highest BCUT2D eigenvalue weighted by Gasteiger charge is 2.10. The zero-order valence-corrected chi connectivity index (χ0v) is 14.4. The Kier molecular flexibility index (Phi) is 7.95. The minimum absolute atomic E-state index is 0.00582. The molecule has 1 aliphatic rings. The van der Waals surface area contributed by atoms with Crippen LogP contribution in [0, 0.1) is 0 Å². The third-order valence-corrected chi connectivity index (χ3v) is 4.27. The van der Waals surface area contributed by atoms with Crippen molar-refractivity contribution in [2.45, 2.75) is 45.4 Å². The number of carbonyl (C=O) groups is 1. The van der Waals surface area contributed by atoms with E-state index in [2.05, 4.69) is 17.1 Å². The van der Waals surface area contributed by atoms with E-state index >= 15 is 0 Å². The molecular weight excluding hydrogens is 288 g/mol. The maximum absolute atomic E-state index is 12.1. The molecule has 4 nitrogen and oxygen atoms in total. The van der Waals surface area contributed by atoms with Crippen molar-refractivity contribution in [2.75, 3.05) is 32.8 Å². The molecule has 1 heterocycles. The quantitative estimate of drug-likeness (QED) is 0.672. The molecule has 1 fully saturated rings. The van der Waals surface area contributed by atoms with E-state index in [-0.39, 0.29) is 5.91 Å². The molecule has 1 aliphatic heterocycles. The summed E-state index contributed by atoms with van der Waals surface area (Å²) in [6.07, 6.45) is 7.06. The zero-order chi connectivity index (χ0) is 16.3. The minimum atomic E-state index is 0.00582. The molecule has 0 aliphatic carbocycles. The highest BCUT2D eigenvalue weighted by atomic mass is 16.5. The molecule has 1 aromatic rings. The molecule has 0 saturated carbocycles. The van der Waals surface area contributed by atoms with Gasteiger partial charge in [0, 0.05) is 12.1 Å². The molecular formula is C19H30N2O2. The molecule has 1 aromatic carbocycles. The summed E-state index contributed by atoms with van der Waals surface area (Å²) < 4.78 is 5.61. The molecule has 0 unspecified atom stereocenters. The van der Waals surface area contributed by atoms with Crippen molar-refractivity contribution in [1.82, 2.24) is 10.2 Å². The van der Waals surface area contributed by atoms with Crippen LogP contribution in [-0.2, 0) is 0 Å². The van der Waals surface area contributed by atoms with Crippen molar-refractivity contribution >= 4 is 5.91 Å². The van der Waals surface area contributed by atoms with Crippen molar-refractivity contribution in [3.8, 4) is 5.75 Å². The Morgan fingerprint density at radius 1 is 1.13 bits per heavy atom. The van der Waals surface area contributed by atoms with Gasteiger partial charge in [0.2, 0.25) is 0 Å². The van der Waals surface area contributed by atoms with Crippen molar-refractivity contribution in [2.24, 2.45) is 0 Å². The van der Waals surface area contributed by atoms with Gasteiger partial charge in [0.05, 0.1) is 6.61 Å². The molecule has 23 heavy (non-hydrogen) atoms. The summed E-state index contributed by atoms with van der Waals surface area (Å²) in [5, 5.41) is 3.00. The Hall–Kier alpha value is -1.55. The van der Waals surface area contributed by atoms with Crippen LogP contribution in [0.3, 0.4) is 0 Å². The van der Waals surface area contributed by atoms with E-state index in [9.17, 15) is 4.79 Å². The summed E-state index contributed by atoms with van der Waals surface area (Å²) in [7, 11) is 0. The van der Waals surface area contributed by atoms with Gasteiger partial charge in [0.25, 0.3) is 5.91 Å². The van der Waals surface area contributed by atoms with Gasteiger partial charge in [-0.25, -0.2) is 0 Å². The van der Waals surface area contributed by atoms with Crippen LogP contribution in [0.4, 0.5) is 0 Å². The summed E-state index contributed by atoms with van der Waals surface area (Å²) in [5.74, 6) is 0.840. The predicted octanol–water partition coefficient (Wildman–Crippen LogP) is 3.47. The first-order valence-electron chi connectivity index (χ1n) is 9.03. The fourth-order valence-corrected chi connectivity index (χ4v) is 2.81. The Balaban J connectivity index is 1.60. The number of unbranched alkanes of at least 4 members (excludes halogenated alkanes) is 2. The fraction of sp³-hybridized carbons (Fsp3) is 0.632. The van der Waals surface area contributed by atoms with Gasteiger partial charge in [-0.1, -0.05) is 13.3 Å². The second-order valence-electron chi connectivity index (χ2n) is 6.24. The molecule has 1 N–H and O–H groups in total. The predicted molar refractivity (Wildman–Crippen MR) is 94.1 cm³/mol. The van der Waals surface area contributed by atoms with E-state index in [1.807, 2.05) is 24.3 Å². The van der Waals surface area contributed by atoms with E-state index in [4.69, 9.17) is 4.74 Å². The highest BCUT2D eigenvalue weighted by molar-refractivity contribution is 5.94. The van der Waals surface area contributed by atoms with E-state index in [1.54, 1.807) is 0 Å². The molecule has 128 valence electrons. The van der Waals surface area contributed by atoms with Crippen LogP contribution in [-0.4, -0.2) is 43.6 Å². The Labute approximate surface area is 140 Å². The van der Waals surface area contributed by atoms with Crippen LogP contribution in [0.5, 0.6) is 5.75 Å². The monoisotopic (exact) mass is 318 g/mol. The van der Waals surface area contributed by atoms with Crippen LogP contribution in [0.2, 0.25) is 0 Å². The van der Waals surface area contributed by atoms with Gasteiger partial charge in [0.15, 0.2) is 0 Å². The number of hydrogen-bond donors (Lipinski definition) is 1. The first-order chi connectivity index (χ1) is 11.3. The lowest BCUT2D eigenvalue weighted by molar-refractivity contribution is 0.0952. The van der Waals surface area contributed by atoms with Crippen LogP contribution in [0.1, 0.15) is 55.8 Å². The van der Waals surface area contributed by atoms with Gasteiger partial charge in [-0.15, -0.1) is 0 Å². The SMILES string of the molecule is CCCCOc1ccc(C(=O)NCCCCN2CCCC2)cc1. The average molecular weight is 318 g/mol. The van der Waals surface area contributed by atoms with Gasteiger partial charge < -0.3 is 15.0 Å². The maximum Gasteiger partial charge on any atom is 0.251 e. The first-order valence-corrected chi connectivity index (χ1v) is 9.03. The van der Waals surface area contributed by atoms with Gasteiger partial charge >= 0.3 is 0 Å². The number of amides is 1. The lowest BCUT2D eigenvalue weighted by Crippen LogP contribution is -2.26. The average Bonchev–Trinajstić information content (AvgIpc) is 3.08. The largest absolute Gasteiger partial charge is 0.494 e. The Morgan fingerprint density at radius 3 is 2.57 bits per heavy atom. The second kappa shape index (κ2) is 10.3. The minimum Gasteiger partial charge on any atom is -0.494 e. The number of benzene rings is 1. The summed E-state index contributed by atoms with van der Waals surface area (Å²) in [6.45, 7) is 7.29.